The van der Waals surface area contributed by atoms with Gasteiger partial charge >= 0.3 is 0 Å². The molecule has 7 amide bonds. The number of amides is 7. The summed E-state index contributed by atoms with van der Waals surface area (Å²) >= 11 is 0. The van der Waals surface area contributed by atoms with E-state index in [2.05, 4.69) is 31.9 Å². The van der Waals surface area contributed by atoms with Crippen molar-refractivity contribution in [2.24, 2.45) is 5.92 Å². The second-order valence-corrected chi connectivity index (χ2v) is 10.3. The number of nitrogens with zero attached hydrogens (tertiary/aromatic N) is 2. The number of carbonyl (C=O) groups excluding carboxylic acids is 7. The third kappa shape index (κ3) is 14.4. The van der Waals surface area contributed by atoms with Crippen molar-refractivity contribution < 1.29 is 33.6 Å². The monoisotopic (exact) mass is 582 g/mol. The first-order valence-corrected chi connectivity index (χ1v) is 13.9. The van der Waals surface area contributed by atoms with Crippen molar-refractivity contribution in [3.63, 3.8) is 0 Å². The van der Waals surface area contributed by atoms with Gasteiger partial charge in [0.25, 0.3) is 0 Å². The van der Waals surface area contributed by atoms with E-state index in [1.165, 1.54) is 25.8 Å². The molecule has 1 heterocycles. The maximum absolute atomic E-state index is 13.2. The van der Waals surface area contributed by atoms with Crippen molar-refractivity contribution in [3.8, 4) is 0 Å². The normalized spacial score (nSPS) is 15.2. The summed E-state index contributed by atoms with van der Waals surface area (Å²) in [5.41, 5.74) is 0. The van der Waals surface area contributed by atoms with Crippen LogP contribution in [-0.4, -0.2) is 123 Å². The van der Waals surface area contributed by atoms with E-state index >= 15 is 0 Å². The van der Waals surface area contributed by atoms with Crippen molar-refractivity contribution in [3.05, 3.63) is 0 Å². The lowest BCUT2D eigenvalue weighted by atomic mass is 10.0. The molecular weight excluding hydrogens is 536 g/mol. The Hall–Kier alpha value is -3.75. The molecule has 0 spiro atoms. The van der Waals surface area contributed by atoms with Gasteiger partial charge in [-0.05, 0) is 25.2 Å². The van der Waals surface area contributed by atoms with Crippen molar-refractivity contribution in [1.82, 2.24) is 41.7 Å². The molecule has 6 N–H and O–H groups in total. The van der Waals surface area contributed by atoms with E-state index in [1.807, 2.05) is 13.8 Å². The lowest BCUT2D eigenvalue weighted by molar-refractivity contribution is -0.141. The summed E-state index contributed by atoms with van der Waals surface area (Å²) in [6.07, 6.45) is 1.61. The fourth-order valence-corrected chi connectivity index (χ4v) is 4.34. The number of rotatable bonds is 17. The van der Waals surface area contributed by atoms with Gasteiger partial charge in [0.2, 0.25) is 41.4 Å². The fraction of sp³-hybridized carbons (Fsp3) is 0.731. The Labute approximate surface area is 241 Å². The highest BCUT2D eigenvalue weighted by Gasteiger charge is 2.37. The fourth-order valence-electron chi connectivity index (χ4n) is 4.34. The molecule has 1 saturated heterocycles. The zero-order valence-electron chi connectivity index (χ0n) is 24.8. The standard InChI is InChI=1S/C26H46N8O7/c1-17(2)13-20(26(41)34-10-6-7-21(34)25(40)27-5)32-23(38)15-30-22(37)14-31-24(39)16-33(11-8-28-18(3)35)12-9-29-19(4)36/h17,20-21H,6-16H2,1-5H3,(H,27,40)(H,28,35)(H,29,36)(H,30,37)(H,31,39)(H,32,38)/t20-,21-/m0/s1. The van der Waals surface area contributed by atoms with Gasteiger partial charge in [0.05, 0.1) is 19.6 Å². The summed E-state index contributed by atoms with van der Waals surface area (Å²) in [7, 11) is 1.51. The van der Waals surface area contributed by atoms with Gasteiger partial charge in [0, 0.05) is 53.6 Å². The van der Waals surface area contributed by atoms with Gasteiger partial charge in [-0.15, -0.1) is 0 Å². The predicted molar refractivity (Wildman–Crippen MR) is 150 cm³/mol. The molecule has 0 aromatic rings. The van der Waals surface area contributed by atoms with Gasteiger partial charge < -0.3 is 36.8 Å². The molecule has 1 rings (SSSR count). The van der Waals surface area contributed by atoms with E-state index in [0.717, 1.165) is 0 Å². The van der Waals surface area contributed by atoms with Crippen LogP contribution in [0.4, 0.5) is 0 Å². The van der Waals surface area contributed by atoms with Crippen molar-refractivity contribution in [2.45, 2.75) is 59.0 Å². The van der Waals surface area contributed by atoms with Crippen LogP contribution in [-0.2, 0) is 33.6 Å². The van der Waals surface area contributed by atoms with Crippen LogP contribution in [0.5, 0.6) is 0 Å². The summed E-state index contributed by atoms with van der Waals surface area (Å²) in [6.45, 7) is 7.52. The molecule has 0 bridgehead atoms. The highest BCUT2D eigenvalue weighted by Crippen LogP contribution is 2.20. The number of carbonyl (C=O) groups is 7. The zero-order chi connectivity index (χ0) is 30.9. The molecule has 0 aromatic carbocycles. The van der Waals surface area contributed by atoms with Crippen LogP contribution >= 0.6 is 0 Å². The molecule has 15 heteroatoms. The maximum atomic E-state index is 13.2. The largest absolute Gasteiger partial charge is 0.357 e. The lowest BCUT2D eigenvalue weighted by Crippen LogP contribution is -2.54. The van der Waals surface area contributed by atoms with E-state index in [0.29, 0.717) is 52.0 Å². The second-order valence-electron chi connectivity index (χ2n) is 10.3. The molecule has 232 valence electrons. The van der Waals surface area contributed by atoms with E-state index in [1.54, 1.807) is 4.90 Å². The minimum atomic E-state index is -0.842. The van der Waals surface area contributed by atoms with Crippen LogP contribution in [0.3, 0.4) is 0 Å². The van der Waals surface area contributed by atoms with Crippen molar-refractivity contribution >= 4 is 41.4 Å². The molecule has 15 nitrogen and oxygen atoms in total. The molecule has 1 fully saturated rings. The number of likely N-dealkylation sites (N-methyl/N-ethyl adjacent to an activating group) is 1. The Kier molecular flexibility index (Phi) is 16.0. The minimum Gasteiger partial charge on any atom is -0.357 e. The first-order chi connectivity index (χ1) is 19.3. The van der Waals surface area contributed by atoms with E-state index in [-0.39, 0.29) is 42.6 Å². The number of nitrogens with one attached hydrogen (secondary N) is 6. The average molecular weight is 583 g/mol. The van der Waals surface area contributed by atoms with E-state index < -0.39 is 36.3 Å². The highest BCUT2D eigenvalue weighted by molar-refractivity contribution is 5.94. The van der Waals surface area contributed by atoms with Crippen LogP contribution in [0.25, 0.3) is 0 Å². The Balaban J connectivity index is 2.56. The molecule has 0 radical (unpaired) electrons. The third-order valence-corrected chi connectivity index (χ3v) is 6.29. The van der Waals surface area contributed by atoms with Crippen molar-refractivity contribution in [1.29, 1.82) is 0 Å². The number of hydrogen-bond acceptors (Lipinski definition) is 8. The summed E-state index contributed by atoms with van der Waals surface area (Å²) < 4.78 is 0. The molecule has 0 unspecified atom stereocenters. The third-order valence-electron chi connectivity index (χ3n) is 6.29. The van der Waals surface area contributed by atoms with Gasteiger partial charge in [-0.1, -0.05) is 13.8 Å². The van der Waals surface area contributed by atoms with Gasteiger partial charge in [-0.25, -0.2) is 0 Å². The van der Waals surface area contributed by atoms with Crippen LogP contribution in [0.15, 0.2) is 0 Å². The van der Waals surface area contributed by atoms with E-state index in [4.69, 9.17) is 0 Å². The molecule has 0 aliphatic carbocycles. The summed E-state index contributed by atoms with van der Waals surface area (Å²) in [5.74, 6) is -2.52. The van der Waals surface area contributed by atoms with Crippen molar-refractivity contribution in [2.75, 3.05) is 59.4 Å². The molecule has 1 aliphatic rings. The molecular formula is C26H46N8O7. The summed E-state index contributed by atoms with van der Waals surface area (Å²) in [6, 6.07) is -1.42. The quantitative estimate of drug-likeness (QED) is 0.105. The van der Waals surface area contributed by atoms with Gasteiger partial charge in [0.15, 0.2) is 0 Å². The second kappa shape index (κ2) is 18.6. The maximum Gasteiger partial charge on any atom is 0.245 e. The van der Waals surface area contributed by atoms with Gasteiger partial charge in [0.1, 0.15) is 12.1 Å². The minimum absolute atomic E-state index is 0.0700. The summed E-state index contributed by atoms with van der Waals surface area (Å²) in [5, 5.41) is 15.4. The smallest absolute Gasteiger partial charge is 0.245 e. The topological polar surface area (TPSA) is 198 Å². The number of hydrogen-bond donors (Lipinski definition) is 6. The lowest BCUT2D eigenvalue weighted by Gasteiger charge is -2.29. The Morgan fingerprint density at radius 1 is 0.829 bits per heavy atom. The highest BCUT2D eigenvalue weighted by atomic mass is 16.2. The first kappa shape index (κ1) is 35.3. The first-order valence-electron chi connectivity index (χ1n) is 13.9. The van der Waals surface area contributed by atoms with Crippen LogP contribution in [0, 0.1) is 5.92 Å². The van der Waals surface area contributed by atoms with Crippen LogP contribution in [0.2, 0.25) is 0 Å². The average Bonchev–Trinajstić information content (AvgIpc) is 3.38. The SMILES string of the molecule is CNC(=O)[C@@H]1CCCN1C(=O)[C@H](CC(C)C)NC(=O)CNC(=O)CNC(=O)CN(CCNC(C)=O)CCNC(C)=O. The Morgan fingerprint density at radius 2 is 1.39 bits per heavy atom. The van der Waals surface area contributed by atoms with Crippen LogP contribution in [0.1, 0.15) is 47.0 Å². The van der Waals surface area contributed by atoms with Crippen LogP contribution < -0.4 is 31.9 Å². The Bertz CT molecular complexity index is 923. The predicted octanol–water partition coefficient (Wildman–Crippen LogP) is -2.94. The number of likely N-dealkylation sites (tertiary alicyclic amines) is 1. The zero-order valence-corrected chi connectivity index (χ0v) is 24.8. The molecule has 0 aromatic heterocycles. The van der Waals surface area contributed by atoms with Gasteiger partial charge in [-0.2, -0.15) is 0 Å². The molecule has 2 atom stereocenters. The molecule has 1 aliphatic heterocycles. The van der Waals surface area contributed by atoms with Gasteiger partial charge in [-0.3, -0.25) is 38.5 Å². The van der Waals surface area contributed by atoms with E-state index in [9.17, 15) is 33.6 Å². The summed E-state index contributed by atoms with van der Waals surface area (Å²) in [4.78, 5) is 88.0. The molecule has 41 heavy (non-hydrogen) atoms. The Morgan fingerprint density at radius 3 is 1.93 bits per heavy atom. The molecule has 0 saturated carbocycles.